The summed E-state index contributed by atoms with van der Waals surface area (Å²) in [6, 6.07) is 0. The molecule has 0 aromatic heterocycles. The Labute approximate surface area is 83.3 Å². The second-order valence-electron chi connectivity index (χ2n) is 3.87. The van der Waals surface area contributed by atoms with Crippen LogP contribution in [0.5, 0.6) is 0 Å². The third-order valence-corrected chi connectivity index (χ3v) is 2.97. The van der Waals surface area contributed by atoms with Crippen molar-refractivity contribution >= 4 is 18.4 Å². The number of carboxylic acids is 1. The van der Waals surface area contributed by atoms with Gasteiger partial charge in [-0.25, -0.2) is 0 Å². The molecule has 13 heavy (non-hydrogen) atoms. The minimum atomic E-state index is -0.700. The van der Waals surface area contributed by atoms with Crippen molar-refractivity contribution in [2.45, 2.75) is 0 Å². The molecule has 2 aliphatic heterocycles. The molecule has 2 fully saturated rings. The SMILES string of the molecule is CN1C[C@H]2COC[C@@]2(C(=O)O)C1.Cl. The number of likely N-dealkylation sites (tertiary alicyclic amines) is 1. The average molecular weight is 208 g/mol. The van der Waals surface area contributed by atoms with Crippen molar-refractivity contribution in [1.29, 1.82) is 0 Å². The Morgan fingerprint density at radius 3 is 2.92 bits per heavy atom. The van der Waals surface area contributed by atoms with Crippen LogP contribution in [-0.2, 0) is 9.53 Å². The summed E-state index contributed by atoms with van der Waals surface area (Å²) in [5, 5.41) is 9.09. The number of nitrogens with zero attached hydrogens (tertiary/aromatic N) is 1. The maximum Gasteiger partial charge on any atom is 0.313 e. The zero-order chi connectivity index (χ0) is 8.77. The van der Waals surface area contributed by atoms with Gasteiger partial charge >= 0.3 is 5.97 Å². The van der Waals surface area contributed by atoms with E-state index in [0.29, 0.717) is 19.8 Å². The van der Waals surface area contributed by atoms with Crippen molar-refractivity contribution < 1.29 is 14.6 Å². The molecular weight excluding hydrogens is 194 g/mol. The molecule has 0 radical (unpaired) electrons. The summed E-state index contributed by atoms with van der Waals surface area (Å²) in [6.07, 6.45) is 0. The monoisotopic (exact) mass is 207 g/mol. The number of aliphatic carboxylic acids is 1. The summed E-state index contributed by atoms with van der Waals surface area (Å²) in [6.45, 7) is 2.48. The second-order valence-corrected chi connectivity index (χ2v) is 3.87. The first kappa shape index (κ1) is 10.8. The third-order valence-electron chi connectivity index (χ3n) is 2.97. The van der Waals surface area contributed by atoms with E-state index in [1.165, 1.54) is 0 Å². The molecule has 0 spiro atoms. The number of rotatable bonds is 1. The minimum Gasteiger partial charge on any atom is -0.481 e. The molecule has 0 aromatic carbocycles. The molecule has 0 amide bonds. The van der Waals surface area contributed by atoms with Crippen molar-refractivity contribution in [3.8, 4) is 0 Å². The summed E-state index contributed by atoms with van der Waals surface area (Å²) < 4.78 is 5.22. The fourth-order valence-corrected chi connectivity index (χ4v) is 2.29. The number of halogens is 1. The lowest BCUT2D eigenvalue weighted by atomic mass is 9.81. The van der Waals surface area contributed by atoms with Gasteiger partial charge in [0.2, 0.25) is 0 Å². The van der Waals surface area contributed by atoms with Gasteiger partial charge in [0.25, 0.3) is 0 Å². The van der Waals surface area contributed by atoms with Gasteiger partial charge in [-0.1, -0.05) is 0 Å². The smallest absolute Gasteiger partial charge is 0.313 e. The van der Waals surface area contributed by atoms with E-state index >= 15 is 0 Å². The Morgan fingerprint density at radius 1 is 1.69 bits per heavy atom. The summed E-state index contributed by atoms with van der Waals surface area (Å²) >= 11 is 0. The van der Waals surface area contributed by atoms with Crippen LogP contribution in [0.3, 0.4) is 0 Å². The van der Waals surface area contributed by atoms with Crippen molar-refractivity contribution in [1.82, 2.24) is 4.90 Å². The van der Waals surface area contributed by atoms with E-state index < -0.39 is 11.4 Å². The van der Waals surface area contributed by atoms with E-state index in [9.17, 15) is 4.79 Å². The standard InChI is InChI=1S/C8H13NO3.ClH/c1-9-2-6-3-12-5-8(6,4-9)7(10)11;/h6H,2-5H2,1H3,(H,10,11);1H/t6-,8-;/m0./s1. The Kier molecular flexibility index (Phi) is 2.85. The topological polar surface area (TPSA) is 49.8 Å². The molecule has 5 heteroatoms. The van der Waals surface area contributed by atoms with Gasteiger partial charge in [0.15, 0.2) is 0 Å². The predicted molar refractivity (Wildman–Crippen MR) is 49.1 cm³/mol. The second kappa shape index (κ2) is 3.44. The van der Waals surface area contributed by atoms with Crippen LogP contribution < -0.4 is 0 Å². The molecule has 76 valence electrons. The molecule has 2 rings (SSSR count). The van der Waals surface area contributed by atoms with E-state index in [-0.39, 0.29) is 18.3 Å². The van der Waals surface area contributed by atoms with Crippen LogP contribution >= 0.6 is 12.4 Å². The van der Waals surface area contributed by atoms with Crippen LogP contribution in [0.4, 0.5) is 0 Å². The number of hydrogen-bond acceptors (Lipinski definition) is 3. The predicted octanol–water partition coefficient (Wildman–Crippen LogP) is 0.0710. The number of fused-ring (bicyclic) bond motifs is 1. The van der Waals surface area contributed by atoms with E-state index in [4.69, 9.17) is 9.84 Å². The van der Waals surface area contributed by atoms with E-state index in [1.807, 2.05) is 7.05 Å². The fourth-order valence-electron chi connectivity index (χ4n) is 2.29. The summed E-state index contributed by atoms with van der Waals surface area (Å²) in [5.41, 5.74) is -0.602. The summed E-state index contributed by atoms with van der Waals surface area (Å²) in [4.78, 5) is 13.1. The van der Waals surface area contributed by atoms with Gasteiger partial charge in [-0.15, -0.1) is 12.4 Å². The number of hydrogen-bond donors (Lipinski definition) is 1. The molecule has 0 saturated carbocycles. The molecule has 1 N–H and O–H groups in total. The van der Waals surface area contributed by atoms with Gasteiger partial charge in [-0.2, -0.15) is 0 Å². The number of carbonyl (C=O) groups is 1. The molecule has 0 bridgehead atoms. The Hall–Kier alpha value is -0.320. The molecular formula is C8H14ClNO3. The molecule has 2 heterocycles. The average Bonchev–Trinajstić information content (AvgIpc) is 2.42. The molecule has 2 saturated heterocycles. The Morgan fingerprint density at radius 2 is 2.38 bits per heavy atom. The number of carboxylic acid groups (broad SMARTS) is 1. The first-order valence-electron chi connectivity index (χ1n) is 4.15. The van der Waals surface area contributed by atoms with Crippen LogP contribution in [0.25, 0.3) is 0 Å². The highest BCUT2D eigenvalue weighted by atomic mass is 35.5. The quantitative estimate of drug-likeness (QED) is 0.661. The lowest BCUT2D eigenvalue weighted by Crippen LogP contribution is -2.38. The largest absolute Gasteiger partial charge is 0.481 e. The van der Waals surface area contributed by atoms with E-state index in [0.717, 1.165) is 6.54 Å². The van der Waals surface area contributed by atoms with Gasteiger partial charge in [-0.3, -0.25) is 4.79 Å². The third kappa shape index (κ3) is 1.43. The van der Waals surface area contributed by atoms with Crippen LogP contribution in [0, 0.1) is 11.3 Å². The van der Waals surface area contributed by atoms with Crippen molar-refractivity contribution in [3.05, 3.63) is 0 Å². The van der Waals surface area contributed by atoms with Crippen molar-refractivity contribution in [2.75, 3.05) is 33.4 Å². The van der Waals surface area contributed by atoms with Crippen LogP contribution in [0.15, 0.2) is 0 Å². The molecule has 4 nitrogen and oxygen atoms in total. The highest BCUT2D eigenvalue weighted by Gasteiger charge is 2.55. The summed E-state index contributed by atoms with van der Waals surface area (Å²) in [5.74, 6) is -0.505. The molecule has 0 unspecified atom stereocenters. The first-order chi connectivity index (χ1) is 5.65. The lowest BCUT2D eigenvalue weighted by Gasteiger charge is -2.20. The van der Waals surface area contributed by atoms with Gasteiger partial charge in [-0.05, 0) is 7.05 Å². The normalized spacial score (nSPS) is 38.4. The first-order valence-corrected chi connectivity index (χ1v) is 4.15. The molecule has 0 aromatic rings. The van der Waals surface area contributed by atoms with Crippen molar-refractivity contribution in [2.24, 2.45) is 11.3 Å². The van der Waals surface area contributed by atoms with Crippen LogP contribution in [0.1, 0.15) is 0 Å². The van der Waals surface area contributed by atoms with Gasteiger partial charge in [0.1, 0.15) is 5.41 Å². The number of ether oxygens (including phenoxy) is 1. The van der Waals surface area contributed by atoms with Crippen molar-refractivity contribution in [3.63, 3.8) is 0 Å². The highest BCUT2D eigenvalue weighted by molar-refractivity contribution is 5.85. The van der Waals surface area contributed by atoms with E-state index in [2.05, 4.69) is 4.90 Å². The lowest BCUT2D eigenvalue weighted by molar-refractivity contribution is -0.149. The maximum absolute atomic E-state index is 11.0. The Bertz CT molecular complexity index is 223. The molecule has 2 atom stereocenters. The fraction of sp³-hybridized carbons (Fsp3) is 0.875. The maximum atomic E-state index is 11.0. The highest BCUT2D eigenvalue weighted by Crippen LogP contribution is 2.40. The van der Waals surface area contributed by atoms with Gasteiger partial charge in [0, 0.05) is 19.0 Å². The minimum absolute atomic E-state index is 0. The molecule has 0 aliphatic carbocycles. The Balaban J connectivity index is 0.000000845. The zero-order valence-electron chi connectivity index (χ0n) is 7.52. The van der Waals surface area contributed by atoms with E-state index in [1.54, 1.807) is 0 Å². The molecule has 2 aliphatic rings. The zero-order valence-corrected chi connectivity index (χ0v) is 8.34. The summed E-state index contributed by atoms with van der Waals surface area (Å²) in [7, 11) is 1.96. The van der Waals surface area contributed by atoms with Gasteiger partial charge < -0.3 is 14.7 Å². The van der Waals surface area contributed by atoms with Gasteiger partial charge in [0.05, 0.1) is 13.2 Å². The van der Waals surface area contributed by atoms with Crippen LogP contribution in [0.2, 0.25) is 0 Å². The van der Waals surface area contributed by atoms with Crippen LogP contribution in [-0.4, -0.2) is 49.3 Å².